The van der Waals surface area contributed by atoms with E-state index in [4.69, 9.17) is 11.0 Å². The van der Waals surface area contributed by atoms with Crippen molar-refractivity contribution in [1.82, 2.24) is 15.0 Å². The monoisotopic (exact) mass is 795 g/mol. The van der Waals surface area contributed by atoms with E-state index in [0.717, 1.165) is 33.5 Å². The number of hydrogen-bond donors (Lipinski definition) is 0. The molecule has 47 heavy (non-hydrogen) atoms. The second kappa shape index (κ2) is 18.2. The maximum atomic E-state index is 8.15. The summed E-state index contributed by atoms with van der Waals surface area (Å²) < 4.78 is 60.1. The molecule has 7 rings (SSSR count). The van der Waals surface area contributed by atoms with Crippen molar-refractivity contribution in [2.45, 2.75) is 27.0 Å². The average Bonchev–Trinajstić information content (AvgIpc) is 3.19. The summed E-state index contributed by atoms with van der Waals surface area (Å²) in [6, 6.07) is 53.1. The van der Waals surface area contributed by atoms with Gasteiger partial charge in [0.15, 0.2) is 0 Å². The van der Waals surface area contributed by atoms with Gasteiger partial charge in [0.1, 0.15) is 0 Å². The van der Waals surface area contributed by atoms with Crippen molar-refractivity contribution in [2.24, 2.45) is 0 Å². The molecule has 0 unspecified atom stereocenters. The molecule has 4 heteroatoms. The van der Waals surface area contributed by atoms with Crippen molar-refractivity contribution in [2.75, 3.05) is 0 Å². The molecule has 0 aliphatic rings. The first kappa shape index (κ1) is 25.1. The quantitative estimate of drug-likeness (QED) is 0.163. The molecule has 0 aliphatic heterocycles. The van der Waals surface area contributed by atoms with E-state index in [1.165, 1.54) is 12.1 Å². The zero-order chi connectivity index (χ0) is 38.8. The van der Waals surface area contributed by atoms with Crippen LogP contribution < -0.4 is 0 Å². The summed E-state index contributed by atoms with van der Waals surface area (Å²) in [5, 5.41) is 0. The van der Waals surface area contributed by atoms with E-state index in [1.807, 2.05) is 97.1 Å². The van der Waals surface area contributed by atoms with Crippen LogP contribution in [-0.4, -0.2) is 15.0 Å². The van der Waals surface area contributed by atoms with Crippen LogP contribution in [0.3, 0.4) is 0 Å². The first-order chi connectivity index (χ1) is 25.7. The number of aromatic nitrogens is 3. The van der Waals surface area contributed by atoms with Gasteiger partial charge in [0.2, 0.25) is 0 Å². The summed E-state index contributed by atoms with van der Waals surface area (Å²) in [4.78, 5) is 12.7. The largest absolute Gasteiger partial charge is 3.00 e. The fraction of sp³-hybridized carbons (Fsp3) is 0.0930. The van der Waals surface area contributed by atoms with Crippen molar-refractivity contribution < 1.29 is 31.1 Å². The predicted molar refractivity (Wildman–Crippen MR) is 190 cm³/mol. The number of aryl methyl sites for hydroxylation is 3. The molecule has 3 heterocycles. The first-order valence-electron chi connectivity index (χ1n) is 18.6. The van der Waals surface area contributed by atoms with E-state index < -0.39 is 20.1 Å². The van der Waals surface area contributed by atoms with E-state index >= 15 is 0 Å². The van der Waals surface area contributed by atoms with Crippen LogP contribution in [0, 0.1) is 31.9 Å². The summed E-state index contributed by atoms with van der Waals surface area (Å²) in [5.41, 5.74) is 7.14. The van der Waals surface area contributed by atoms with Crippen molar-refractivity contribution in [3.63, 3.8) is 0 Å². The van der Waals surface area contributed by atoms with Gasteiger partial charge in [-0.2, -0.15) is 0 Å². The van der Waals surface area contributed by atoms with E-state index in [-0.39, 0.29) is 31.5 Å². The Hall–Kier alpha value is -5.02. The molecule has 0 atom stereocenters. The summed E-state index contributed by atoms with van der Waals surface area (Å²) in [7, 11) is 0. The Morgan fingerprint density at radius 3 is 1.51 bits per heavy atom. The molecule has 0 radical (unpaired) electrons. The summed E-state index contributed by atoms with van der Waals surface area (Å²) >= 11 is 0. The van der Waals surface area contributed by atoms with Crippen LogP contribution in [-0.2, 0) is 26.5 Å². The molecule has 0 bridgehead atoms. The van der Waals surface area contributed by atoms with Gasteiger partial charge in [-0.15, -0.1) is 108 Å². The van der Waals surface area contributed by atoms with E-state index in [2.05, 4.69) is 33.2 Å². The molecule has 0 spiro atoms. The maximum Gasteiger partial charge on any atom is 3.00 e. The van der Waals surface area contributed by atoms with Crippen LogP contribution in [0.1, 0.15) is 34.8 Å². The van der Waals surface area contributed by atoms with Gasteiger partial charge in [-0.25, -0.2) is 0 Å². The Morgan fingerprint density at radius 1 is 0.574 bits per heavy atom. The third-order valence-electron chi connectivity index (χ3n) is 6.71. The molecule has 0 fully saturated rings. The van der Waals surface area contributed by atoms with Gasteiger partial charge in [-0.3, -0.25) is 0 Å². The normalized spacial score (nSPS) is 13.3. The Labute approximate surface area is 304 Å². The maximum absolute atomic E-state index is 8.15. The van der Waals surface area contributed by atoms with Crippen LogP contribution in [0.2, 0.25) is 0 Å². The molecule has 3 aromatic heterocycles. The van der Waals surface area contributed by atoms with Gasteiger partial charge in [0, 0.05) is 34.1 Å². The molecular weight excluding hydrogens is 751 g/mol. The van der Waals surface area contributed by atoms with Gasteiger partial charge in [-0.1, -0.05) is 67.6 Å². The second-order valence-electron chi connectivity index (χ2n) is 9.88. The second-order valence-corrected chi connectivity index (χ2v) is 9.88. The number of pyridine rings is 3. The average molecular weight is 795 g/mol. The van der Waals surface area contributed by atoms with Crippen molar-refractivity contribution >= 4 is 0 Å². The zero-order valence-corrected chi connectivity index (χ0v) is 28.0. The van der Waals surface area contributed by atoms with Crippen LogP contribution >= 0.6 is 0 Å². The van der Waals surface area contributed by atoms with Gasteiger partial charge in [0.05, 0.1) is 0 Å². The number of nitrogens with zero attached hydrogens (tertiary/aromatic N) is 3. The standard InChI is InChI=1S/C19H16N.2C12H10N.Ir/c1-2-15-13-19(17-11-7-4-8-12-17)20-14-18(15)16-9-5-3-6-10-16;2*1-10-6-5-9-12(13-10)11-7-3-2-4-8-11;/h3-11,13-14H,2H2,1H3;2*2-7,9H,1H3;/q3*-1;+3/i2D2;2*1D3;. The molecule has 0 N–H and O–H groups in total. The predicted octanol–water partition coefficient (Wildman–Crippen LogP) is 10.5. The Balaban J connectivity index is 0.000000185. The molecule has 0 saturated heterocycles. The zero-order valence-electron chi connectivity index (χ0n) is 33.6. The van der Waals surface area contributed by atoms with Crippen molar-refractivity contribution in [3.05, 3.63) is 187 Å². The van der Waals surface area contributed by atoms with E-state index in [0.29, 0.717) is 17.0 Å². The van der Waals surface area contributed by atoms with E-state index in [1.54, 1.807) is 49.5 Å². The molecule has 0 aliphatic carbocycles. The van der Waals surface area contributed by atoms with Crippen LogP contribution in [0.15, 0.2) is 152 Å². The Kier molecular flexibility index (Phi) is 9.73. The van der Waals surface area contributed by atoms with Crippen LogP contribution in [0.25, 0.3) is 44.9 Å². The number of hydrogen-bond acceptors (Lipinski definition) is 3. The molecule has 0 amide bonds. The van der Waals surface area contributed by atoms with Gasteiger partial charge >= 0.3 is 20.1 Å². The third-order valence-corrected chi connectivity index (χ3v) is 6.71. The minimum atomic E-state index is -2.16. The number of benzene rings is 4. The fourth-order valence-corrected chi connectivity index (χ4v) is 4.48. The van der Waals surface area contributed by atoms with Gasteiger partial charge in [-0.05, 0) is 60.4 Å². The minimum Gasteiger partial charge on any atom is -0.304 e. The van der Waals surface area contributed by atoms with Crippen LogP contribution in [0.4, 0.5) is 0 Å². The molecule has 7 aromatic rings. The summed E-state index contributed by atoms with van der Waals surface area (Å²) in [6.45, 7) is -2.75. The smallest absolute Gasteiger partial charge is 0.304 e. The molecular formula is C43H36IrN3. The Bertz CT molecular complexity index is 2130. The third kappa shape index (κ3) is 10.2. The van der Waals surface area contributed by atoms with Gasteiger partial charge in [0.25, 0.3) is 0 Å². The van der Waals surface area contributed by atoms with Crippen molar-refractivity contribution in [1.29, 1.82) is 0 Å². The Morgan fingerprint density at radius 2 is 1.06 bits per heavy atom. The molecule has 232 valence electrons. The van der Waals surface area contributed by atoms with Gasteiger partial charge < -0.3 is 15.0 Å². The van der Waals surface area contributed by atoms with Crippen molar-refractivity contribution in [3.8, 4) is 44.9 Å². The van der Waals surface area contributed by atoms with Crippen LogP contribution in [0.5, 0.6) is 0 Å². The number of rotatable bonds is 5. The van der Waals surface area contributed by atoms with E-state index in [9.17, 15) is 0 Å². The molecule has 3 nitrogen and oxygen atoms in total. The SMILES string of the molecule is [2H]C([2H])(C)c1cc(-c2[c-]cccc2)ncc1-c1ccccc1.[2H]C([2H])([2H])c1cccc(-c2[c-]cccc2)n1.[2H]C([2H])([2H])c1cccc(-c2[c-]cccc2)n1.[Ir+3]. The minimum absolute atomic E-state index is 0. The molecule has 0 saturated carbocycles. The summed E-state index contributed by atoms with van der Waals surface area (Å²) in [5.74, 6) is 0. The summed E-state index contributed by atoms with van der Waals surface area (Å²) in [6.07, 6.45) is 0.305. The first-order valence-corrected chi connectivity index (χ1v) is 14.6. The fourth-order valence-electron chi connectivity index (χ4n) is 4.48. The topological polar surface area (TPSA) is 38.7 Å². The molecule has 4 aromatic carbocycles.